The molecule has 0 rings (SSSR count). The molecule has 3 nitrogen and oxygen atoms in total. The summed E-state index contributed by atoms with van der Waals surface area (Å²) >= 11 is 0. The predicted octanol–water partition coefficient (Wildman–Crippen LogP) is 2.82. The summed E-state index contributed by atoms with van der Waals surface area (Å²) in [5, 5.41) is 19.1. The Morgan fingerprint density at radius 1 is 1.20 bits per heavy atom. The number of aliphatic hydroxyl groups is 1. The molecule has 1 unspecified atom stereocenters. The lowest BCUT2D eigenvalue weighted by molar-refractivity contribution is -0.140. The second-order valence-corrected chi connectivity index (χ2v) is 5.28. The van der Waals surface area contributed by atoms with E-state index in [9.17, 15) is 9.90 Å². The fourth-order valence-electron chi connectivity index (χ4n) is 1.66. The van der Waals surface area contributed by atoms with Crippen LogP contribution in [0, 0.1) is 5.41 Å². The smallest absolute Gasteiger partial charge is 0.303 e. The Hall–Kier alpha value is -0.570. The molecule has 0 aromatic rings. The van der Waals surface area contributed by atoms with E-state index >= 15 is 0 Å². The molecule has 0 fully saturated rings. The summed E-state index contributed by atoms with van der Waals surface area (Å²) in [5.41, 5.74) is -1.13. The minimum Gasteiger partial charge on any atom is -0.481 e. The zero-order valence-corrected chi connectivity index (χ0v) is 10.3. The third kappa shape index (κ3) is 4.65. The van der Waals surface area contributed by atoms with E-state index in [1.54, 1.807) is 0 Å². The van der Waals surface area contributed by atoms with E-state index in [0.717, 1.165) is 12.8 Å². The van der Waals surface area contributed by atoms with Crippen LogP contribution >= 0.6 is 0 Å². The Morgan fingerprint density at radius 2 is 1.73 bits per heavy atom. The number of aliphatic carboxylic acids is 1. The Morgan fingerprint density at radius 3 is 2.07 bits per heavy atom. The fraction of sp³-hybridized carbons (Fsp3) is 0.917. The van der Waals surface area contributed by atoms with Crippen LogP contribution in [0.1, 0.15) is 59.8 Å². The van der Waals surface area contributed by atoms with E-state index in [1.165, 1.54) is 0 Å². The van der Waals surface area contributed by atoms with E-state index in [-0.39, 0.29) is 11.8 Å². The molecule has 0 saturated carbocycles. The summed E-state index contributed by atoms with van der Waals surface area (Å²) in [7, 11) is 0. The highest BCUT2D eigenvalue weighted by molar-refractivity contribution is 5.66. The first-order valence-electron chi connectivity index (χ1n) is 5.67. The first kappa shape index (κ1) is 14.4. The molecule has 2 N–H and O–H groups in total. The van der Waals surface area contributed by atoms with Gasteiger partial charge in [0.05, 0.1) is 5.60 Å². The fourth-order valence-corrected chi connectivity index (χ4v) is 1.66. The summed E-state index contributed by atoms with van der Waals surface area (Å²) in [4.78, 5) is 10.5. The molecule has 0 aliphatic heterocycles. The largest absolute Gasteiger partial charge is 0.481 e. The zero-order chi connectivity index (χ0) is 12.1. The van der Waals surface area contributed by atoms with Crippen molar-refractivity contribution >= 4 is 5.97 Å². The van der Waals surface area contributed by atoms with Crippen LogP contribution in [0.3, 0.4) is 0 Å². The highest BCUT2D eigenvalue weighted by Crippen LogP contribution is 2.38. The maximum atomic E-state index is 10.5. The molecule has 0 heterocycles. The van der Waals surface area contributed by atoms with Crippen molar-refractivity contribution in [3.05, 3.63) is 0 Å². The van der Waals surface area contributed by atoms with Gasteiger partial charge >= 0.3 is 5.97 Å². The van der Waals surface area contributed by atoms with Crippen LogP contribution in [-0.4, -0.2) is 21.8 Å². The molecule has 0 amide bonds. The number of carboxylic acid groups (broad SMARTS) is 1. The van der Waals surface area contributed by atoms with Gasteiger partial charge < -0.3 is 10.2 Å². The predicted molar refractivity (Wildman–Crippen MR) is 60.8 cm³/mol. The van der Waals surface area contributed by atoms with Gasteiger partial charge in [0, 0.05) is 6.42 Å². The summed E-state index contributed by atoms with van der Waals surface area (Å²) in [6.45, 7) is 7.96. The SMILES string of the molecule is CCCCC(O)(CCC(=O)O)C(C)(C)C. The Labute approximate surface area is 92.5 Å². The first-order valence-corrected chi connectivity index (χ1v) is 5.67. The third-order valence-corrected chi connectivity index (χ3v) is 3.09. The van der Waals surface area contributed by atoms with Crippen molar-refractivity contribution < 1.29 is 15.0 Å². The van der Waals surface area contributed by atoms with Crippen LogP contribution in [0.2, 0.25) is 0 Å². The van der Waals surface area contributed by atoms with Crippen LogP contribution in [0.4, 0.5) is 0 Å². The summed E-state index contributed by atoms with van der Waals surface area (Å²) < 4.78 is 0. The monoisotopic (exact) mass is 216 g/mol. The van der Waals surface area contributed by atoms with Crippen molar-refractivity contribution in [1.29, 1.82) is 0 Å². The van der Waals surface area contributed by atoms with Crippen molar-refractivity contribution in [3.8, 4) is 0 Å². The topological polar surface area (TPSA) is 57.5 Å². The molecule has 0 saturated heterocycles. The molecule has 0 aromatic carbocycles. The minimum absolute atomic E-state index is 0.0392. The Bertz CT molecular complexity index is 205. The van der Waals surface area contributed by atoms with Gasteiger partial charge in [0.15, 0.2) is 0 Å². The highest BCUT2D eigenvalue weighted by Gasteiger charge is 2.39. The molecular weight excluding hydrogens is 192 g/mol. The van der Waals surface area contributed by atoms with Crippen LogP contribution in [0.5, 0.6) is 0 Å². The van der Waals surface area contributed by atoms with E-state index in [0.29, 0.717) is 12.8 Å². The van der Waals surface area contributed by atoms with Gasteiger partial charge in [0.2, 0.25) is 0 Å². The second kappa shape index (κ2) is 5.50. The molecule has 3 heteroatoms. The standard InChI is InChI=1S/C12H24O3/c1-5-6-8-12(15,11(2,3)4)9-7-10(13)14/h15H,5-9H2,1-4H3,(H,13,14). The van der Waals surface area contributed by atoms with Crippen LogP contribution in [0.25, 0.3) is 0 Å². The summed E-state index contributed by atoms with van der Waals surface area (Å²) in [6.07, 6.45) is 3.02. The highest BCUT2D eigenvalue weighted by atomic mass is 16.4. The van der Waals surface area contributed by atoms with E-state index in [2.05, 4.69) is 6.92 Å². The maximum absolute atomic E-state index is 10.5. The van der Waals surface area contributed by atoms with Crippen molar-refractivity contribution in [2.24, 2.45) is 5.41 Å². The number of rotatable bonds is 6. The average Bonchev–Trinajstić information content (AvgIpc) is 2.09. The third-order valence-electron chi connectivity index (χ3n) is 3.09. The molecule has 0 spiro atoms. The number of unbranched alkanes of at least 4 members (excludes halogenated alkanes) is 1. The Kier molecular flexibility index (Phi) is 5.29. The average molecular weight is 216 g/mol. The van der Waals surface area contributed by atoms with Gasteiger partial charge in [-0.05, 0) is 18.3 Å². The number of hydrogen-bond acceptors (Lipinski definition) is 2. The molecule has 0 aliphatic rings. The second-order valence-electron chi connectivity index (χ2n) is 5.28. The molecule has 1 atom stereocenters. The zero-order valence-electron chi connectivity index (χ0n) is 10.3. The van der Waals surface area contributed by atoms with Crippen LogP contribution in [-0.2, 0) is 4.79 Å². The van der Waals surface area contributed by atoms with E-state index in [1.807, 2.05) is 20.8 Å². The van der Waals surface area contributed by atoms with Crippen molar-refractivity contribution in [2.75, 3.05) is 0 Å². The van der Waals surface area contributed by atoms with Gasteiger partial charge in [-0.2, -0.15) is 0 Å². The molecule has 0 aromatic heterocycles. The number of carbonyl (C=O) groups is 1. The molecule has 0 radical (unpaired) electrons. The molecule has 0 aliphatic carbocycles. The van der Waals surface area contributed by atoms with Gasteiger partial charge in [0.1, 0.15) is 0 Å². The van der Waals surface area contributed by atoms with Crippen molar-refractivity contribution in [2.45, 2.75) is 65.4 Å². The van der Waals surface area contributed by atoms with Gasteiger partial charge in [-0.3, -0.25) is 4.79 Å². The van der Waals surface area contributed by atoms with Gasteiger partial charge in [-0.15, -0.1) is 0 Å². The summed E-state index contributed by atoms with van der Waals surface area (Å²) in [5.74, 6) is -0.839. The van der Waals surface area contributed by atoms with Crippen LogP contribution < -0.4 is 0 Å². The normalized spacial score (nSPS) is 16.1. The Balaban J connectivity index is 4.48. The molecule has 90 valence electrons. The number of hydrogen-bond donors (Lipinski definition) is 2. The van der Waals surface area contributed by atoms with Crippen molar-refractivity contribution in [3.63, 3.8) is 0 Å². The van der Waals surface area contributed by atoms with E-state index < -0.39 is 11.6 Å². The molecule has 0 bridgehead atoms. The summed E-state index contributed by atoms with van der Waals surface area (Å²) in [6, 6.07) is 0. The quantitative estimate of drug-likeness (QED) is 0.717. The van der Waals surface area contributed by atoms with Gasteiger partial charge in [0.25, 0.3) is 0 Å². The molecular formula is C12H24O3. The van der Waals surface area contributed by atoms with Crippen LogP contribution in [0.15, 0.2) is 0 Å². The first-order chi connectivity index (χ1) is 6.73. The molecule has 15 heavy (non-hydrogen) atoms. The lowest BCUT2D eigenvalue weighted by Crippen LogP contribution is -2.43. The van der Waals surface area contributed by atoms with Gasteiger partial charge in [-0.25, -0.2) is 0 Å². The maximum Gasteiger partial charge on any atom is 0.303 e. The lowest BCUT2D eigenvalue weighted by atomic mass is 9.71. The van der Waals surface area contributed by atoms with Gasteiger partial charge in [-0.1, -0.05) is 40.5 Å². The lowest BCUT2D eigenvalue weighted by Gasteiger charge is -2.40. The van der Waals surface area contributed by atoms with Crippen molar-refractivity contribution in [1.82, 2.24) is 0 Å². The van der Waals surface area contributed by atoms with E-state index in [4.69, 9.17) is 5.11 Å². The minimum atomic E-state index is -0.860. The number of carboxylic acids is 1.